The van der Waals surface area contributed by atoms with Crippen LogP contribution in [0.5, 0.6) is 0 Å². The number of nitrogens with zero attached hydrogens (tertiary/aromatic N) is 1. The van der Waals surface area contributed by atoms with Gasteiger partial charge >= 0.3 is 5.97 Å². The van der Waals surface area contributed by atoms with Crippen molar-refractivity contribution in [1.82, 2.24) is 4.31 Å². The smallest absolute Gasteiger partial charge is 0.339 e. The van der Waals surface area contributed by atoms with E-state index < -0.39 is 27.9 Å². The minimum atomic E-state index is -3.87. The lowest BCUT2D eigenvalue weighted by Crippen LogP contribution is -2.43. The molecular weight excluding hydrogens is 416 g/mol. The summed E-state index contributed by atoms with van der Waals surface area (Å²) in [7, 11) is -2.61. The molecule has 1 unspecified atom stereocenters. The maximum Gasteiger partial charge on any atom is 0.339 e. The standard InChI is InChI=1S/C23H22N2O5S/c1-30-23(27)19-9-4-5-10-20(19)24-22(26)21-11-6-14-25(21)31(28,29)18-13-12-16-7-2-3-8-17(16)15-18/h2-5,7-10,12-13,15,21H,6,11,14H2,1H3,(H,24,26). The monoisotopic (exact) mass is 438 g/mol. The third-order valence-electron chi connectivity index (χ3n) is 5.42. The second-order valence-corrected chi connectivity index (χ2v) is 9.20. The average molecular weight is 439 g/mol. The summed E-state index contributed by atoms with van der Waals surface area (Å²) in [5, 5.41) is 4.46. The number of amides is 1. The van der Waals surface area contributed by atoms with Gasteiger partial charge in [0, 0.05) is 6.54 Å². The number of hydrogen-bond donors (Lipinski definition) is 1. The van der Waals surface area contributed by atoms with Crippen molar-refractivity contribution in [1.29, 1.82) is 0 Å². The molecule has 4 rings (SSSR count). The maximum absolute atomic E-state index is 13.3. The minimum absolute atomic E-state index is 0.154. The highest BCUT2D eigenvalue weighted by Crippen LogP contribution is 2.29. The van der Waals surface area contributed by atoms with Crippen LogP contribution in [0.2, 0.25) is 0 Å². The van der Waals surface area contributed by atoms with E-state index in [1.807, 2.05) is 24.3 Å². The molecule has 31 heavy (non-hydrogen) atoms. The molecule has 8 heteroatoms. The predicted molar refractivity (Wildman–Crippen MR) is 117 cm³/mol. The van der Waals surface area contributed by atoms with E-state index in [0.717, 1.165) is 10.8 Å². The maximum atomic E-state index is 13.3. The third-order valence-corrected chi connectivity index (χ3v) is 7.33. The number of methoxy groups -OCH3 is 1. The zero-order valence-electron chi connectivity index (χ0n) is 16.9. The molecule has 0 aromatic heterocycles. The Morgan fingerprint density at radius 1 is 1.00 bits per heavy atom. The highest BCUT2D eigenvalue weighted by atomic mass is 32.2. The van der Waals surface area contributed by atoms with Gasteiger partial charge in [-0.05, 0) is 47.9 Å². The summed E-state index contributed by atoms with van der Waals surface area (Å²) in [5.41, 5.74) is 0.495. The molecule has 1 saturated heterocycles. The van der Waals surface area contributed by atoms with Crippen LogP contribution in [-0.4, -0.2) is 44.3 Å². The lowest BCUT2D eigenvalue weighted by Gasteiger charge is -2.24. The van der Waals surface area contributed by atoms with Crippen molar-refractivity contribution < 1.29 is 22.7 Å². The van der Waals surface area contributed by atoms with E-state index in [4.69, 9.17) is 4.74 Å². The van der Waals surface area contributed by atoms with Gasteiger partial charge in [0.25, 0.3) is 0 Å². The van der Waals surface area contributed by atoms with Crippen molar-refractivity contribution in [3.63, 3.8) is 0 Å². The largest absolute Gasteiger partial charge is 0.465 e. The zero-order chi connectivity index (χ0) is 22.0. The number of para-hydroxylation sites is 1. The van der Waals surface area contributed by atoms with Crippen molar-refractivity contribution in [2.45, 2.75) is 23.8 Å². The van der Waals surface area contributed by atoms with E-state index in [1.165, 1.54) is 11.4 Å². The van der Waals surface area contributed by atoms with Gasteiger partial charge in [-0.3, -0.25) is 4.79 Å². The van der Waals surface area contributed by atoms with Gasteiger partial charge < -0.3 is 10.1 Å². The summed E-state index contributed by atoms with van der Waals surface area (Å²) < 4.78 is 32.7. The van der Waals surface area contributed by atoms with Gasteiger partial charge in [0.1, 0.15) is 6.04 Å². The van der Waals surface area contributed by atoms with Gasteiger partial charge in [-0.15, -0.1) is 0 Å². The molecule has 0 radical (unpaired) electrons. The quantitative estimate of drug-likeness (QED) is 0.616. The predicted octanol–water partition coefficient (Wildman–Crippen LogP) is 3.42. The first kappa shape index (κ1) is 21.0. The molecule has 1 heterocycles. The van der Waals surface area contributed by atoms with Crippen LogP contribution < -0.4 is 5.32 Å². The summed E-state index contributed by atoms with van der Waals surface area (Å²) in [6, 6.07) is 18.1. The number of carbonyl (C=O) groups is 2. The Bertz CT molecular complexity index is 1260. The Morgan fingerprint density at radius 3 is 2.48 bits per heavy atom. The molecule has 1 N–H and O–H groups in total. The zero-order valence-corrected chi connectivity index (χ0v) is 17.8. The van der Waals surface area contributed by atoms with Crippen LogP contribution in [0.1, 0.15) is 23.2 Å². The highest BCUT2D eigenvalue weighted by Gasteiger charge is 2.39. The van der Waals surface area contributed by atoms with E-state index in [-0.39, 0.29) is 22.7 Å². The van der Waals surface area contributed by atoms with Crippen molar-refractivity contribution in [3.05, 3.63) is 72.3 Å². The first-order chi connectivity index (χ1) is 14.9. The number of nitrogens with one attached hydrogen (secondary N) is 1. The molecule has 0 saturated carbocycles. The minimum Gasteiger partial charge on any atom is -0.465 e. The average Bonchev–Trinajstić information content (AvgIpc) is 3.30. The van der Waals surface area contributed by atoms with Crippen LogP contribution in [0.4, 0.5) is 5.69 Å². The Balaban J connectivity index is 1.61. The molecule has 1 atom stereocenters. The van der Waals surface area contributed by atoms with Crippen LogP contribution in [-0.2, 0) is 19.6 Å². The first-order valence-electron chi connectivity index (χ1n) is 9.90. The molecule has 0 aliphatic carbocycles. The molecular formula is C23H22N2O5S. The van der Waals surface area contributed by atoms with E-state index in [0.29, 0.717) is 12.8 Å². The van der Waals surface area contributed by atoms with E-state index in [1.54, 1.807) is 42.5 Å². The molecule has 1 aliphatic rings. The topological polar surface area (TPSA) is 92.8 Å². The SMILES string of the molecule is COC(=O)c1ccccc1NC(=O)C1CCCN1S(=O)(=O)c1ccc2ccccc2c1. The second kappa shape index (κ2) is 8.49. The van der Waals surface area contributed by atoms with Crippen LogP contribution in [0.15, 0.2) is 71.6 Å². The van der Waals surface area contributed by atoms with Gasteiger partial charge in [0.05, 0.1) is 23.3 Å². The van der Waals surface area contributed by atoms with Gasteiger partial charge in [0.2, 0.25) is 15.9 Å². The van der Waals surface area contributed by atoms with E-state index >= 15 is 0 Å². The lowest BCUT2D eigenvalue weighted by atomic mass is 10.1. The molecule has 1 aliphatic heterocycles. The Kier molecular flexibility index (Phi) is 5.75. The number of benzene rings is 3. The molecule has 1 amide bonds. The number of hydrogen-bond acceptors (Lipinski definition) is 5. The normalized spacial score (nSPS) is 16.9. The fourth-order valence-corrected chi connectivity index (χ4v) is 5.54. The lowest BCUT2D eigenvalue weighted by molar-refractivity contribution is -0.119. The first-order valence-corrected chi connectivity index (χ1v) is 11.3. The fourth-order valence-electron chi connectivity index (χ4n) is 3.85. The van der Waals surface area contributed by atoms with Crippen molar-refractivity contribution >= 4 is 38.4 Å². The second-order valence-electron chi connectivity index (χ2n) is 7.31. The Morgan fingerprint density at radius 2 is 1.71 bits per heavy atom. The number of fused-ring (bicyclic) bond motifs is 1. The number of sulfonamides is 1. The van der Waals surface area contributed by atoms with Crippen LogP contribution in [0.3, 0.4) is 0 Å². The van der Waals surface area contributed by atoms with E-state index in [2.05, 4.69) is 5.32 Å². The van der Waals surface area contributed by atoms with Crippen LogP contribution >= 0.6 is 0 Å². The molecule has 7 nitrogen and oxygen atoms in total. The highest BCUT2D eigenvalue weighted by molar-refractivity contribution is 7.89. The molecule has 3 aromatic carbocycles. The number of carbonyl (C=O) groups excluding carboxylic acids is 2. The van der Waals surface area contributed by atoms with Crippen LogP contribution in [0, 0.1) is 0 Å². The third kappa shape index (κ3) is 4.04. The molecule has 0 bridgehead atoms. The van der Waals surface area contributed by atoms with Gasteiger partial charge in [-0.25, -0.2) is 13.2 Å². The number of esters is 1. The van der Waals surface area contributed by atoms with Crippen LogP contribution in [0.25, 0.3) is 10.8 Å². The van der Waals surface area contributed by atoms with Crippen molar-refractivity contribution in [2.75, 3.05) is 19.0 Å². The Hall–Kier alpha value is -3.23. The Labute approximate surface area is 180 Å². The summed E-state index contributed by atoms with van der Waals surface area (Å²) >= 11 is 0. The molecule has 3 aromatic rings. The summed E-state index contributed by atoms with van der Waals surface area (Å²) in [6.07, 6.45) is 0.975. The summed E-state index contributed by atoms with van der Waals surface area (Å²) in [4.78, 5) is 25.1. The van der Waals surface area contributed by atoms with Gasteiger partial charge in [0.15, 0.2) is 0 Å². The van der Waals surface area contributed by atoms with E-state index in [9.17, 15) is 18.0 Å². The summed E-state index contributed by atoms with van der Waals surface area (Å²) in [6.45, 7) is 0.256. The summed E-state index contributed by atoms with van der Waals surface area (Å²) in [5.74, 6) is -1.05. The molecule has 0 spiro atoms. The van der Waals surface area contributed by atoms with Gasteiger partial charge in [-0.1, -0.05) is 42.5 Å². The number of anilines is 1. The van der Waals surface area contributed by atoms with Gasteiger partial charge in [-0.2, -0.15) is 4.31 Å². The van der Waals surface area contributed by atoms with Crippen molar-refractivity contribution in [2.24, 2.45) is 0 Å². The fraction of sp³-hybridized carbons (Fsp3) is 0.217. The number of rotatable bonds is 5. The molecule has 1 fully saturated rings. The molecule has 160 valence electrons. The number of ether oxygens (including phenoxy) is 1. The van der Waals surface area contributed by atoms with Crippen molar-refractivity contribution in [3.8, 4) is 0 Å².